The number of carboxylic acids is 2. The van der Waals surface area contributed by atoms with Crippen molar-refractivity contribution >= 4 is 11.9 Å². The summed E-state index contributed by atoms with van der Waals surface area (Å²) in [6.45, 7) is -0.250. The van der Waals surface area contributed by atoms with E-state index in [9.17, 15) is 14.7 Å². The summed E-state index contributed by atoms with van der Waals surface area (Å²) in [5.41, 5.74) is -0.647. The Kier molecular flexibility index (Phi) is 10.0. The Balaban J connectivity index is 0.000000796. The third-order valence-corrected chi connectivity index (χ3v) is 3.66. The van der Waals surface area contributed by atoms with Gasteiger partial charge >= 0.3 is 11.9 Å². The molecule has 0 saturated heterocycles. The lowest BCUT2D eigenvalue weighted by Crippen LogP contribution is -2.30. The number of hydrogen-bond donors (Lipinski definition) is 4. The molecule has 20 heavy (non-hydrogen) atoms. The van der Waals surface area contributed by atoms with Gasteiger partial charge in [-0.25, -0.2) is 0 Å². The second kappa shape index (κ2) is 10.6. The first-order valence-corrected chi connectivity index (χ1v) is 7.15. The van der Waals surface area contributed by atoms with E-state index in [1.807, 2.05) is 0 Å². The zero-order valence-corrected chi connectivity index (χ0v) is 11.9. The Labute approximate surface area is 119 Å². The number of aliphatic hydroxyl groups is 2. The molecule has 1 rings (SSSR count). The Bertz CT molecular complexity index is 279. The highest BCUT2D eigenvalue weighted by Gasteiger charge is 2.37. The molecule has 0 bridgehead atoms. The smallest absolute Gasteiger partial charge is 0.309 e. The van der Waals surface area contributed by atoms with E-state index in [0.29, 0.717) is 25.7 Å². The molecule has 0 aromatic rings. The minimum atomic E-state index is -0.839. The van der Waals surface area contributed by atoms with Crippen LogP contribution in [0.25, 0.3) is 0 Å². The predicted octanol–water partition coefficient (Wildman–Crippen LogP) is 1.64. The number of rotatable bonds is 6. The van der Waals surface area contributed by atoms with Gasteiger partial charge in [0.25, 0.3) is 0 Å². The first kappa shape index (κ1) is 18.9. The highest BCUT2D eigenvalue weighted by atomic mass is 16.4. The van der Waals surface area contributed by atoms with Gasteiger partial charge in [-0.05, 0) is 25.7 Å². The largest absolute Gasteiger partial charge is 0.481 e. The first-order chi connectivity index (χ1) is 9.48. The monoisotopic (exact) mass is 290 g/mol. The molecule has 0 atom stereocenters. The number of carbonyl (C=O) groups is 2. The average Bonchev–Trinajstić information content (AvgIpc) is 2.65. The highest BCUT2D eigenvalue weighted by molar-refractivity contribution is 5.74. The van der Waals surface area contributed by atoms with Crippen molar-refractivity contribution in [1.82, 2.24) is 0 Å². The Hall–Kier alpha value is -1.14. The zero-order chi connectivity index (χ0) is 15.4. The molecular weight excluding hydrogens is 264 g/mol. The molecule has 1 aliphatic carbocycles. The van der Waals surface area contributed by atoms with E-state index in [1.54, 1.807) is 0 Å². The summed E-state index contributed by atoms with van der Waals surface area (Å²) < 4.78 is 0. The van der Waals surface area contributed by atoms with Crippen molar-refractivity contribution < 1.29 is 30.0 Å². The lowest BCUT2D eigenvalue weighted by molar-refractivity contribution is -0.151. The molecule has 0 heterocycles. The molecule has 1 saturated carbocycles. The molecule has 0 spiro atoms. The van der Waals surface area contributed by atoms with Crippen LogP contribution >= 0.6 is 0 Å². The summed E-state index contributed by atoms with van der Waals surface area (Å²) in [5, 5.41) is 33.2. The molecule has 1 fully saturated rings. The molecular formula is C14H26O6. The van der Waals surface area contributed by atoms with E-state index < -0.39 is 17.4 Å². The van der Waals surface area contributed by atoms with E-state index in [-0.39, 0.29) is 19.6 Å². The number of aliphatic carboxylic acids is 2. The van der Waals surface area contributed by atoms with Gasteiger partial charge in [0.1, 0.15) is 0 Å². The van der Waals surface area contributed by atoms with Gasteiger partial charge in [-0.1, -0.05) is 25.7 Å². The van der Waals surface area contributed by atoms with E-state index in [4.69, 9.17) is 15.3 Å². The molecule has 0 amide bonds. The van der Waals surface area contributed by atoms with Gasteiger partial charge < -0.3 is 20.4 Å². The SMILES string of the molecule is O=C(O)CCCC1(C(=O)O)CCCCCC1.OCCO. The minimum absolute atomic E-state index is 0.0784. The third kappa shape index (κ3) is 7.45. The normalized spacial score (nSPS) is 17.5. The van der Waals surface area contributed by atoms with Gasteiger partial charge in [-0.3, -0.25) is 9.59 Å². The van der Waals surface area contributed by atoms with Crippen molar-refractivity contribution in [3.05, 3.63) is 0 Å². The van der Waals surface area contributed by atoms with Crippen molar-refractivity contribution in [3.8, 4) is 0 Å². The Morgan fingerprint density at radius 3 is 1.75 bits per heavy atom. The van der Waals surface area contributed by atoms with Gasteiger partial charge in [0.05, 0.1) is 18.6 Å². The van der Waals surface area contributed by atoms with Crippen LogP contribution in [0.2, 0.25) is 0 Å². The van der Waals surface area contributed by atoms with Crippen LogP contribution in [-0.4, -0.2) is 45.6 Å². The van der Waals surface area contributed by atoms with Crippen LogP contribution in [0.3, 0.4) is 0 Å². The fourth-order valence-electron chi connectivity index (χ4n) is 2.55. The predicted molar refractivity (Wildman–Crippen MR) is 73.4 cm³/mol. The minimum Gasteiger partial charge on any atom is -0.481 e. The highest BCUT2D eigenvalue weighted by Crippen LogP contribution is 2.39. The molecule has 6 nitrogen and oxygen atoms in total. The lowest BCUT2D eigenvalue weighted by atomic mass is 9.76. The number of aliphatic hydroxyl groups excluding tert-OH is 2. The van der Waals surface area contributed by atoms with Crippen molar-refractivity contribution in [2.75, 3.05) is 13.2 Å². The van der Waals surface area contributed by atoms with Crippen molar-refractivity contribution in [2.24, 2.45) is 5.41 Å². The third-order valence-electron chi connectivity index (χ3n) is 3.66. The van der Waals surface area contributed by atoms with Crippen LogP contribution in [0.4, 0.5) is 0 Å². The molecule has 0 aliphatic heterocycles. The zero-order valence-electron chi connectivity index (χ0n) is 11.9. The molecule has 4 N–H and O–H groups in total. The molecule has 1 aliphatic rings. The molecule has 0 unspecified atom stereocenters. The molecule has 118 valence electrons. The Morgan fingerprint density at radius 1 is 0.900 bits per heavy atom. The summed E-state index contributed by atoms with van der Waals surface area (Å²) in [6, 6.07) is 0. The average molecular weight is 290 g/mol. The van der Waals surface area contributed by atoms with Gasteiger partial charge in [-0.2, -0.15) is 0 Å². The quantitative estimate of drug-likeness (QED) is 0.553. The number of carboxylic acid groups (broad SMARTS) is 2. The van der Waals surface area contributed by atoms with E-state index in [0.717, 1.165) is 25.7 Å². The van der Waals surface area contributed by atoms with Gasteiger partial charge in [0.15, 0.2) is 0 Å². The molecule has 0 radical (unpaired) electrons. The second-order valence-corrected chi connectivity index (χ2v) is 5.19. The fraction of sp³-hybridized carbons (Fsp3) is 0.857. The maximum Gasteiger partial charge on any atom is 0.309 e. The standard InChI is InChI=1S/C12H20O4.C2H6O2/c13-10(14)6-5-9-12(11(15)16)7-3-1-2-4-8-12;3-1-2-4/h1-9H2,(H,13,14)(H,15,16);3-4H,1-2H2. The summed E-state index contributed by atoms with van der Waals surface area (Å²) >= 11 is 0. The maximum atomic E-state index is 11.4. The van der Waals surface area contributed by atoms with Gasteiger partial charge in [0.2, 0.25) is 0 Å². The molecule has 0 aromatic carbocycles. The van der Waals surface area contributed by atoms with Crippen molar-refractivity contribution in [3.63, 3.8) is 0 Å². The molecule has 6 heteroatoms. The maximum absolute atomic E-state index is 11.4. The second-order valence-electron chi connectivity index (χ2n) is 5.19. The van der Waals surface area contributed by atoms with E-state index in [1.165, 1.54) is 0 Å². The van der Waals surface area contributed by atoms with Crippen molar-refractivity contribution in [2.45, 2.75) is 57.8 Å². The van der Waals surface area contributed by atoms with Crippen LogP contribution < -0.4 is 0 Å². The van der Waals surface area contributed by atoms with Gasteiger partial charge in [-0.15, -0.1) is 0 Å². The lowest BCUT2D eigenvalue weighted by Gasteiger charge is -2.27. The van der Waals surface area contributed by atoms with Crippen LogP contribution in [0, 0.1) is 5.41 Å². The van der Waals surface area contributed by atoms with Crippen LogP contribution in [0.1, 0.15) is 57.8 Å². The summed E-state index contributed by atoms with van der Waals surface area (Å²) in [4.78, 5) is 21.8. The first-order valence-electron chi connectivity index (χ1n) is 7.15. The van der Waals surface area contributed by atoms with Crippen LogP contribution in [0.15, 0.2) is 0 Å². The molecule has 0 aromatic heterocycles. The summed E-state index contributed by atoms with van der Waals surface area (Å²) in [5.74, 6) is -1.58. The fourth-order valence-corrected chi connectivity index (χ4v) is 2.55. The Morgan fingerprint density at radius 2 is 1.40 bits per heavy atom. The van der Waals surface area contributed by atoms with Gasteiger partial charge in [0, 0.05) is 6.42 Å². The number of hydrogen-bond acceptors (Lipinski definition) is 4. The van der Waals surface area contributed by atoms with Crippen LogP contribution in [0.5, 0.6) is 0 Å². The summed E-state index contributed by atoms with van der Waals surface area (Å²) in [6.07, 6.45) is 6.61. The summed E-state index contributed by atoms with van der Waals surface area (Å²) in [7, 11) is 0. The topological polar surface area (TPSA) is 115 Å². The van der Waals surface area contributed by atoms with E-state index in [2.05, 4.69) is 0 Å². The van der Waals surface area contributed by atoms with Crippen molar-refractivity contribution in [1.29, 1.82) is 0 Å². The van der Waals surface area contributed by atoms with E-state index >= 15 is 0 Å². The van der Waals surface area contributed by atoms with Crippen LogP contribution in [-0.2, 0) is 9.59 Å².